The Balaban J connectivity index is 1.97. The van der Waals surface area contributed by atoms with Crippen LogP contribution in [0.1, 0.15) is 19.3 Å². The van der Waals surface area contributed by atoms with Gasteiger partial charge < -0.3 is 4.90 Å². The SMILES string of the molecule is N#CCC1CCN(c2cccc(F)c2)CC1. The number of hydrogen-bond acceptors (Lipinski definition) is 2. The molecule has 84 valence electrons. The molecule has 2 rings (SSSR count). The zero-order valence-electron chi connectivity index (χ0n) is 9.19. The molecule has 0 radical (unpaired) electrons. The van der Waals surface area contributed by atoms with Gasteiger partial charge in [0.1, 0.15) is 5.82 Å². The van der Waals surface area contributed by atoms with E-state index in [0.29, 0.717) is 12.3 Å². The van der Waals surface area contributed by atoms with Crippen molar-refractivity contribution in [1.82, 2.24) is 0 Å². The summed E-state index contributed by atoms with van der Waals surface area (Å²) >= 11 is 0. The second-order valence-electron chi connectivity index (χ2n) is 4.27. The Kier molecular flexibility index (Phi) is 3.40. The van der Waals surface area contributed by atoms with Gasteiger partial charge in [-0.3, -0.25) is 0 Å². The largest absolute Gasteiger partial charge is 0.371 e. The summed E-state index contributed by atoms with van der Waals surface area (Å²) in [6.45, 7) is 1.85. The summed E-state index contributed by atoms with van der Waals surface area (Å²) in [6.07, 6.45) is 2.71. The lowest BCUT2D eigenvalue weighted by Gasteiger charge is -2.32. The fourth-order valence-electron chi connectivity index (χ4n) is 2.20. The van der Waals surface area contributed by atoms with Gasteiger partial charge in [-0.15, -0.1) is 0 Å². The van der Waals surface area contributed by atoms with E-state index in [1.54, 1.807) is 12.1 Å². The third-order valence-corrected chi connectivity index (χ3v) is 3.17. The van der Waals surface area contributed by atoms with Crippen LogP contribution in [-0.4, -0.2) is 13.1 Å². The first-order valence-corrected chi connectivity index (χ1v) is 5.67. The van der Waals surface area contributed by atoms with Crippen LogP contribution in [0.15, 0.2) is 24.3 Å². The van der Waals surface area contributed by atoms with E-state index in [9.17, 15) is 4.39 Å². The summed E-state index contributed by atoms with van der Waals surface area (Å²) in [5.74, 6) is 0.339. The highest BCUT2D eigenvalue weighted by Gasteiger charge is 2.19. The molecule has 0 bridgehead atoms. The van der Waals surface area contributed by atoms with Gasteiger partial charge in [0, 0.05) is 25.2 Å². The molecular weight excluding hydrogens is 203 g/mol. The van der Waals surface area contributed by atoms with Crippen LogP contribution in [0.4, 0.5) is 10.1 Å². The van der Waals surface area contributed by atoms with E-state index in [1.165, 1.54) is 6.07 Å². The molecule has 0 N–H and O–H groups in total. The molecule has 1 aliphatic rings. The first-order valence-electron chi connectivity index (χ1n) is 5.67. The molecule has 0 atom stereocenters. The highest BCUT2D eigenvalue weighted by Crippen LogP contribution is 2.25. The maximum Gasteiger partial charge on any atom is 0.125 e. The van der Waals surface area contributed by atoms with E-state index in [4.69, 9.17) is 5.26 Å². The van der Waals surface area contributed by atoms with Gasteiger partial charge in [0.15, 0.2) is 0 Å². The number of benzene rings is 1. The van der Waals surface area contributed by atoms with Crippen molar-refractivity contribution in [3.05, 3.63) is 30.1 Å². The number of hydrogen-bond donors (Lipinski definition) is 0. The molecule has 0 unspecified atom stereocenters. The first-order chi connectivity index (χ1) is 7.79. The number of halogens is 1. The van der Waals surface area contributed by atoms with Crippen LogP contribution >= 0.6 is 0 Å². The van der Waals surface area contributed by atoms with E-state index in [2.05, 4.69) is 11.0 Å². The second-order valence-corrected chi connectivity index (χ2v) is 4.27. The van der Waals surface area contributed by atoms with Crippen LogP contribution in [0.25, 0.3) is 0 Å². The van der Waals surface area contributed by atoms with Crippen LogP contribution in [0.2, 0.25) is 0 Å². The summed E-state index contributed by atoms with van der Waals surface area (Å²) in [6, 6.07) is 8.94. The maximum atomic E-state index is 13.0. The molecule has 0 saturated carbocycles. The van der Waals surface area contributed by atoms with E-state index in [-0.39, 0.29) is 5.82 Å². The van der Waals surface area contributed by atoms with E-state index >= 15 is 0 Å². The standard InChI is InChI=1S/C13H15FN2/c14-12-2-1-3-13(10-12)16-8-5-11(4-7-15)6-9-16/h1-3,10-11H,4-6,8-9H2. The number of anilines is 1. The smallest absolute Gasteiger partial charge is 0.125 e. The van der Waals surface area contributed by atoms with Crippen LogP contribution in [0.3, 0.4) is 0 Å². The molecule has 0 spiro atoms. The molecular formula is C13H15FN2. The molecule has 1 saturated heterocycles. The summed E-state index contributed by atoms with van der Waals surface area (Å²) in [5.41, 5.74) is 0.954. The molecule has 1 aromatic rings. The predicted molar refractivity (Wildman–Crippen MR) is 61.6 cm³/mol. The highest BCUT2D eigenvalue weighted by molar-refractivity contribution is 5.46. The van der Waals surface area contributed by atoms with Crippen LogP contribution in [0.5, 0.6) is 0 Å². The Morgan fingerprint density at radius 3 is 2.75 bits per heavy atom. The first kappa shape index (κ1) is 10.9. The number of nitrogens with zero attached hydrogens (tertiary/aromatic N) is 2. The molecule has 0 aromatic heterocycles. The fraction of sp³-hybridized carbons (Fsp3) is 0.462. The topological polar surface area (TPSA) is 27.0 Å². The van der Waals surface area contributed by atoms with Gasteiger partial charge >= 0.3 is 0 Å². The Hall–Kier alpha value is -1.56. The zero-order chi connectivity index (χ0) is 11.4. The van der Waals surface area contributed by atoms with E-state index < -0.39 is 0 Å². The van der Waals surface area contributed by atoms with E-state index in [1.807, 2.05) is 6.07 Å². The lowest BCUT2D eigenvalue weighted by Crippen LogP contribution is -2.33. The maximum absolute atomic E-state index is 13.0. The highest BCUT2D eigenvalue weighted by atomic mass is 19.1. The molecule has 16 heavy (non-hydrogen) atoms. The van der Waals surface area contributed by atoms with Crippen molar-refractivity contribution in [3.63, 3.8) is 0 Å². The summed E-state index contributed by atoms with van der Waals surface area (Å²) in [4.78, 5) is 2.19. The van der Waals surface area contributed by atoms with Gasteiger partial charge in [-0.05, 0) is 37.0 Å². The minimum atomic E-state index is -0.184. The monoisotopic (exact) mass is 218 g/mol. The molecule has 1 aromatic carbocycles. The van der Waals surface area contributed by atoms with Crippen LogP contribution in [-0.2, 0) is 0 Å². The minimum Gasteiger partial charge on any atom is -0.371 e. The van der Waals surface area contributed by atoms with Gasteiger partial charge in [-0.2, -0.15) is 5.26 Å². The van der Waals surface area contributed by atoms with Crippen molar-refractivity contribution >= 4 is 5.69 Å². The molecule has 1 heterocycles. The average molecular weight is 218 g/mol. The third kappa shape index (κ3) is 2.52. The third-order valence-electron chi connectivity index (χ3n) is 3.17. The van der Waals surface area contributed by atoms with E-state index in [0.717, 1.165) is 31.6 Å². The Morgan fingerprint density at radius 1 is 1.38 bits per heavy atom. The fourth-order valence-corrected chi connectivity index (χ4v) is 2.20. The Labute approximate surface area is 95.3 Å². The van der Waals surface area contributed by atoms with Gasteiger partial charge in [0.25, 0.3) is 0 Å². The second kappa shape index (κ2) is 4.98. The van der Waals surface area contributed by atoms with Crippen molar-refractivity contribution in [3.8, 4) is 6.07 Å². The zero-order valence-corrected chi connectivity index (χ0v) is 9.19. The molecule has 1 fully saturated rings. The van der Waals surface area contributed by atoms with Crippen molar-refractivity contribution in [1.29, 1.82) is 5.26 Å². The summed E-state index contributed by atoms with van der Waals surface area (Å²) in [5, 5.41) is 8.62. The molecule has 0 amide bonds. The Bertz CT molecular complexity index is 389. The van der Waals surface area contributed by atoms with Gasteiger partial charge in [0.2, 0.25) is 0 Å². The average Bonchev–Trinajstić information content (AvgIpc) is 2.30. The lowest BCUT2D eigenvalue weighted by atomic mass is 9.94. The lowest BCUT2D eigenvalue weighted by molar-refractivity contribution is 0.412. The van der Waals surface area contributed by atoms with Gasteiger partial charge in [0.05, 0.1) is 6.07 Å². The molecule has 3 heteroatoms. The molecule has 0 aliphatic carbocycles. The number of rotatable bonds is 2. The minimum absolute atomic E-state index is 0.184. The van der Waals surface area contributed by atoms with Gasteiger partial charge in [-0.25, -0.2) is 4.39 Å². The normalized spacial score (nSPS) is 17.1. The number of nitriles is 1. The van der Waals surface area contributed by atoms with Crippen molar-refractivity contribution in [2.45, 2.75) is 19.3 Å². The molecule has 1 aliphatic heterocycles. The van der Waals surface area contributed by atoms with Crippen molar-refractivity contribution < 1.29 is 4.39 Å². The summed E-state index contributed by atoms with van der Waals surface area (Å²) < 4.78 is 13.0. The Morgan fingerprint density at radius 2 is 2.12 bits per heavy atom. The number of piperidine rings is 1. The predicted octanol–water partition coefficient (Wildman–Crippen LogP) is 2.96. The van der Waals surface area contributed by atoms with Crippen LogP contribution in [0, 0.1) is 23.1 Å². The quantitative estimate of drug-likeness (QED) is 0.763. The van der Waals surface area contributed by atoms with Crippen LogP contribution < -0.4 is 4.90 Å². The summed E-state index contributed by atoms with van der Waals surface area (Å²) in [7, 11) is 0. The van der Waals surface area contributed by atoms with Crippen molar-refractivity contribution in [2.24, 2.45) is 5.92 Å². The van der Waals surface area contributed by atoms with Gasteiger partial charge in [-0.1, -0.05) is 6.07 Å². The van der Waals surface area contributed by atoms with Crippen molar-refractivity contribution in [2.75, 3.05) is 18.0 Å². The molecule has 2 nitrogen and oxygen atoms in total.